The molecule has 0 spiro atoms. The molecule has 1 aromatic carbocycles. The zero-order valence-electron chi connectivity index (χ0n) is 21.6. The van der Waals surface area contributed by atoms with Crippen molar-refractivity contribution in [1.82, 2.24) is 9.55 Å². The maximum Gasteiger partial charge on any atom is 0.412 e. The molecule has 2 aromatic rings. The molecule has 39 heavy (non-hydrogen) atoms. The van der Waals surface area contributed by atoms with E-state index in [0.29, 0.717) is 30.3 Å². The number of alkyl halides is 2. The third kappa shape index (κ3) is 9.43. The molecular weight excluding hydrogens is 518 g/mol. The lowest BCUT2D eigenvalue weighted by molar-refractivity contribution is -0.150. The number of para-hydroxylation sites is 1. The van der Waals surface area contributed by atoms with Crippen molar-refractivity contribution in [3.63, 3.8) is 0 Å². The van der Waals surface area contributed by atoms with Crippen molar-refractivity contribution in [2.45, 2.75) is 70.1 Å². The summed E-state index contributed by atoms with van der Waals surface area (Å²) in [5, 5.41) is 5.03. The van der Waals surface area contributed by atoms with Gasteiger partial charge in [-0.2, -0.15) is 4.98 Å². The summed E-state index contributed by atoms with van der Waals surface area (Å²) in [4.78, 5) is 51.3. The molecule has 1 fully saturated rings. The van der Waals surface area contributed by atoms with E-state index in [0.717, 1.165) is 18.3 Å². The molecule has 0 saturated carbocycles. The summed E-state index contributed by atoms with van der Waals surface area (Å²) in [6.07, 6.45) is -0.420. The molecule has 0 unspecified atom stereocenters. The van der Waals surface area contributed by atoms with Crippen LogP contribution < -0.4 is 16.3 Å². The highest BCUT2D eigenvalue weighted by molar-refractivity contribution is 5.90. The molecule has 0 bridgehead atoms. The fourth-order valence-corrected chi connectivity index (χ4v) is 3.95. The first-order chi connectivity index (χ1) is 18.7. The number of nitrogens with zero attached hydrogens (tertiary/aromatic N) is 2. The van der Waals surface area contributed by atoms with Crippen LogP contribution in [0.2, 0.25) is 0 Å². The summed E-state index contributed by atoms with van der Waals surface area (Å²) in [6.45, 7) is 1.32. The Kier molecular flexibility index (Phi) is 10.9. The first-order valence-corrected chi connectivity index (χ1v) is 12.7. The highest BCUT2D eigenvalue weighted by Crippen LogP contribution is 2.42. The van der Waals surface area contributed by atoms with E-state index in [9.17, 15) is 28.0 Å². The van der Waals surface area contributed by atoms with E-state index < -0.39 is 42.4 Å². The van der Waals surface area contributed by atoms with Crippen LogP contribution in [0, 0.1) is 0 Å². The summed E-state index contributed by atoms with van der Waals surface area (Å²) in [7, 11) is 0. The quantitative estimate of drug-likeness (QED) is 0.279. The number of hydrogen-bond acceptors (Lipinski definition) is 8. The van der Waals surface area contributed by atoms with Gasteiger partial charge in [0, 0.05) is 31.1 Å². The van der Waals surface area contributed by atoms with Crippen molar-refractivity contribution < 1.29 is 37.4 Å². The number of carbonyl (C=O) groups excluding carboxylic acids is 3. The molecule has 2 heterocycles. The number of halogens is 2. The zero-order chi connectivity index (χ0) is 28.3. The van der Waals surface area contributed by atoms with Gasteiger partial charge in [0.05, 0.1) is 6.61 Å². The molecule has 0 aliphatic carbocycles. The summed E-state index contributed by atoms with van der Waals surface area (Å²) in [6, 6.07) is 10.3. The average molecular weight is 551 g/mol. The fourth-order valence-electron chi connectivity index (χ4n) is 3.95. The Morgan fingerprint density at radius 3 is 2.46 bits per heavy atom. The normalized spacial score (nSPS) is 17.8. The molecule has 2 N–H and O–H groups in total. The Labute approximate surface area is 223 Å². The number of aromatic nitrogens is 2. The summed E-state index contributed by atoms with van der Waals surface area (Å²) in [5.41, 5.74) is -0.310. The molecule has 1 saturated heterocycles. The fraction of sp³-hybridized carbons (Fsp3) is 0.500. The molecule has 0 radical (unpaired) electrons. The van der Waals surface area contributed by atoms with Crippen LogP contribution in [0.25, 0.3) is 0 Å². The van der Waals surface area contributed by atoms with Gasteiger partial charge in [-0.15, -0.1) is 0 Å². The minimum atomic E-state index is -3.41. The van der Waals surface area contributed by atoms with Gasteiger partial charge in [-0.1, -0.05) is 31.0 Å². The molecule has 1 aromatic heterocycles. The maximum atomic E-state index is 14.6. The lowest BCUT2D eigenvalue weighted by atomic mass is 10.1. The van der Waals surface area contributed by atoms with Crippen LogP contribution in [0.3, 0.4) is 0 Å². The third-order valence-corrected chi connectivity index (χ3v) is 5.79. The number of ether oxygens (including phenoxy) is 3. The van der Waals surface area contributed by atoms with Gasteiger partial charge in [0.1, 0.15) is 18.5 Å². The highest BCUT2D eigenvalue weighted by atomic mass is 19.3. The third-order valence-electron chi connectivity index (χ3n) is 5.79. The molecule has 1 aliphatic rings. The second-order valence-electron chi connectivity index (χ2n) is 8.94. The van der Waals surface area contributed by atoms with Crippen molar-refractivity contribution in [2.24, 2.45) is 0 Å². The van der Waals surface area contributed by atoms with E-state index in [2.05, 4.69) is 20.4 Å². The molecular formula is C26H32F2N4O7. The number of amides is 2. The Bertz CT molecular complexity index is 1180. The topological polar surface area (TPSA) is 138 Å². The number of rotatable bonds is 13. The Balaban J connectivity index is 1.35. The Morgan fingerprint density at radius 2 is 1.77 bits per heavy atom. The van der Waals surface area contributed by atoms with Gasteiger partial charge in [-0.3, -0.25) is 19.5 Å². The van der Waals surface area contributed by atoms with Crippen molar-refractivity contribution in [2.75, 3.05) is 23.8 Å². The lowest BCUT2D eigenvalue weighted by Gasteiger charge is -2.19. The smallest absolute Gasteiger partial charge is 0.412 e. The standard InChI is InChI=1S/C26H32F2N4O7/c1-2-37-25(36)31-20-14-15-32(24(35)30-20)23-26(27,28)16-19(39-23)17-38-22(34)13-9-4-3-8-12-21(33)29-18-10-6-5-7-11-18/h5-7,10-11,14-15,19,23H,2-4,8-9,12-13,16-17H2,1H3,(H,29,33)(H,30,31,35,36)/t19-,23+/m0/s1. The van der Waals surface area contributed by atoms with Gasteiger partial charge in [0.2, 0.25) is 12.1 Å². The van der Waals surface area contributed by atoms with E-state index >= 15 is 0 Å². The van der Waals surface area contributed by atoms with E-state index in [1.807, 2.05) is 30.3 Å². The number of hydrogen-bond donors (Lipinski definition) is 2. The van der Waals surface area contributed by atoms with Crippen LogP contribution in [-0.4, -0.2) is 52.8 Å². The Morgan fingerprint density at radius 1 is 1.05 bits per heavy atom. The predicted molar refractivity (Wildman–Crippen MR) is 136 cm³/mol. The minimum absolute atomic E-state index is 0.0744. The van der Waals surface area contributed by atoms with Crippen LogP contribution >= 0.6 is 0 Å². The number of unbranched alkanes of at least 4 members (excludes halogenated alkanes) is 3. The number of benzene rings is 1. The predicted octanol–water partition coefficient (Wildman–Crippen LogP) is 4.26. The second-order valence-corrected chi connectivity index (χ2v) is 8.94. The van der Waals surface area contributed by atoms with Gasteiger partial charge in [-0.05, 0) is 38.0 Å². The van der Waals surface area contributed by atoms with E-state index in [4.69, 9.17) is 9.47 Å². The van der Waals surface area contributed by atoms with Gasteiger partial charge >= 0.3 is 17.8 Å². The number of anilines is 2. The SMILES string of the molecule is CCOC(=O)Nc1ccn([C@@H]2O[C@H](COC(=O)CCCCCCC(=O)Nc3ccccc3)CC2(F)F)c(=O)n1. The number of esters is 1. The van der Waals surface area contributed by atoms with Crippen LogP contribution in [0.5, 0.6) is 0 Å². The summed E-state index contributed by atoms with van der Waals surface area (Å²) >= 11 is 0. The van der Waals surface area contributed by atoms with Crippen molar-refractivity contribution >= 4 is 29.5 Å². The molecule has 2 atom stereocenters. The van der Waals surface area contributed by atoms with Crippen LogP contribution in [0.1, 0.15) is 58.1 Å². The van der Waals surface area contributed by atoms with Crippen LogP contribution in [-0.2, 0) is 23.8 Å². The van der Waals surface area contributed by atoms with Crippen LogP contribution in [0.15, 0.2) is 47.4 Å². The van der Waals surface area contributed by atoms with Gasteiger partial charge < -0.3 is 19.5 Å². The molecule has 1 aliphatic heterocycles. The highest BCUT2D eigenvalue weighted by Gasteiger charge is 2.52. The monoisotopic (exact) mass is 550 g/mol. The molecule has 2 amide bonds. The van der Waals surface area contributed by atoms with Crippen molar-refractivity contribution in [3.8, 4) is 0 Å². The van der Waals surface area contributed by atoms with Crippen LogP contribution in [0.4, 0.5) is 25.1 Å². The summed E-state index contributed by atoms with van der Waals surface area (Å²) in [5.74, 6) is -4.18. The molecule has 11 nitrogen and oxygen atoms in total. The van der Waals surface area contributed by atoms with Gasteiger partial charge in [0.15, 0.2) is 0 Å². The lowest BCUT2D eigenvalue weighted by Crippen LogP contribution is -2.35. The van der Waals surface area contributed by atoms with Crippen molar-refractivity contribution in [3.05, 3.63) is 53.1 Å². The zero-order valence-corrected chi connectivity index (χ0v) is 21.6. The van der Waals surface area contributed by atoms with E-state index in [1.165, 1.54) is 6.07 Å². The second kappa shape index (κ2) is 14.3. The average Bonchev–Trinajstić information content (AvgIpc) is 3.19. The van der Waals surface area contributed by atoms with E-state index in [-0.39, 0.29) is 31.4 Å². The first kappa shape index (κ1) is 29.7. The number of nitrogens with one attached hydrogen (secondary N) is 2. The number of carbonyl (C=O) groups is 3. The molecule has 13 heteroatoms. The minimum Gasteiger partial charge on any atom is -0.463 e. The van der Waals surface area contributed by atoms with Crippen molar-refractivity contribution in [1.29, 1.82) is 0 Å². The van der Waals surface area contributed by atoms with Gasteiger partial charge in [0.25, 0.3) is 5.92 Å². The molecule has 212 valence electrons. The molecule has 3 rings (SSSR count). The largest absolute Gasteiger partial charge is 0.463 e. The maximum absolute atomic E-state index is 14.6. The van der Waals surface area contributed by atoms with Gasteiger partial charge in [-0.25, -0.2) is 18.4 Å². The first-order valence-electron chi connectivity index (χ1n) is 12.7. The van der Waals surface area contributed by atoms with E-state index in [1.54, 1.807) is 6.92 Å². The summed E-state index contributed by atoms with van der Waals surface area (Å²) < 4.78 is 44.9. The Hall–Kier alpha value is -3.87.